The Balaban J connectivity index is 1.34. The van der Waals surface area contributed by atoms with Crippen molar-refractivity contribution in [3.05, 3.63) is 40.1 Å². The van der Waals surface area contributed by atoms with Crippen LogP contribution in [0.15, 0.2) is 32.7 Å². The molecule has 0 saturated carbocycles. The first-order valence-electron chi connectivity index (χ1n) is 8.76. The molecule has 0 N–H and O–H groups in total. The van der Waals surface area contributed by atoms with Crippen molar-refractivity contribution in [2.24, 2.45) is 0 Å². The zero-order valence-corrected chi connectivity index (χ0v) is 15.2. The number of aryl methyl sites for hydroxylation is 2. The predicted octanol–water partition coefficient (Wildman–Crippen LogP) is -0.273. The van der Waals surface area contributed by atoms with E-state index in [2.05, 4.69) is 19.7 Å². The van der Waals surface area contributed by atoms with Crippen LogP contribution in [-0.2, 0) is 29.4 Å². The zero-order chi connectivity index (χ0) is 18.1. The third-order valence-electron chi connectivity index (χ3n) is 5.03. The molecule has 26 heavy (non-hydrogen) atoms. The van der Waals surface area contributed by atoms with Gasteiger partial charge in [0, 0.05) is 38.8 Å². The van der Waals surface area contributed by atoms with Crippen molar-refractivity contribution < 1.29 is 12.9 Å². The number of nitrogens with zero attached hydrogens (tertiary/aromatic N) is 5. The van der Waals surface area contributed by atoms with Crippen molar-refractivity contribution in [2.75, 3.05) is 32.7 Å². The van der Waals surface area contributed by atoms with E-state index in [1.165, 1.54) is 15.2 Å². The summed E-state index contributed by atoms with van der Waals surface area (Å²) in [7, 11) is -3.54. The van der Waals surface area contributed by atoms with Crippen LogP contribution in [0.25, 0.3) is 0 Å². The van der Waals surface area contributed by atoms with Crippen LogP contribution in [-0.4, -0.2) is 65.3 Å². The largest absolute Gasteiger partial charge is 0.363 e. The average Bonchev–Trinajstić information content (AvgIpc) is 3.32. The van der Waals surface area contributed by atoms with Gasteiger partial charge in [-0.15, -0.1) is 0 Å². The number of hydrogen-bond acceptors (Lipinski definition) is 7. The lowest BCUT2D eigenvalue weighted by atomic mass is 10.2. The lowest BCUT2D eigenvalue weighted by Gasteiger charge is -2.33. The molecule has 10 heteroatoms. The van der Waals surface area contributed by atoms with E-state index in [9.17, 15) is 13.2 Å². The molecule has 0 aromatic carbocycles. The van der Waals surface area contributed by atoms with Gasteiger partial charge in [-0.05, 0) is 24.8 Å². The summed E-state index contributed by atoms with van der Waals surface area (Å²) in [6, 6.07) is 1.71. The Morgan fingerprint density at radius 2 is 1.92 bits per heavy atom. The number of aromatic nitrogens is 3. The molecule has 4 rings (SSSR count). The lowest BCUT2D eigenvalue weighted by Crippen LogP contribution is -2.49. The highest BCUT2D eigenvalue weighted by Crippen LogP contribution is 2.18. The average molecular weight is 379 g/mol. The summed E-state index contributed by atoms with van der Waals surface area (Å²) in [4.78, 5) is 14.4. The van der Waals surface area contributed by atoms with Gasteiger partial charge in [-0.25, -0.2) is 13.1 Å². The van der Waals surface area contributed by atoms with Crippen molar-refractivity contribution in [3.8, 4) is 0 Å². The van der Waals surface area contributed by atoms with Gasteiger partial charge in [0.25, 0.3) is 5.56 Å². The van der Waals surface area contributed by atoms with Crippen molar-refractivity contribution >= 4 is 10.0 Å². The van der Waals surface area contributed by atoms with Crippen molar-refractivity contribution in [1.29, 1.82) is 0 Å². The second-order valence-electron chi connectivity index (χ2n) is 6.64. The topological polar surface area (TPSA) is 102 Å². The van der Waals surface area contributed by atoms with Gasteiger partial charge < -0.3 is 4.52 Å². The molecular formula is C16H21N5O4S. The van der Waals surface area contributed by atoms with Crippen LogP contribution in [0, 0.1) is 0 Å². The number of rotatable bonds is 5. The monoisotopic (exact) mass is 379 g/mol. The van der Waals surface area contributed by atoms with Crippen LogP contribution in [0.2, 0.25) is 0 Å². The van der Waals surface area contributed by atoms with Gasteiger partial charge >= 0.3 is 0 Å². The van der Waals surface area contributed by atoms with Crippen LogP contribution in [0.1, 0.15) is 17.7 Å². The summed E-state index contributed by atoms with van der Waals surface area (Å²) >= 11 is 0. The summed E-state index contributed by atoms with van der Waals surface area (Å²) in [5.74, 6) is 0. The SMILES string of the molecule is O=c1cc2c(nn1CCN1CCN(S(=O)(=O)c3cnoc3)CC1)CCC2. The van der Waals surface area contributed by atoms with E-state index in [1.807, 2.05) is 0 Å². The second-order valence-corrected chi connectivity index (χ2v) is 8.58. The minimum atomic E-state index is -3.54. The fourth-order valence-corrected chi connectivity index (χ4v) is 4.78. The third kappa shape index (κ3) is 3.31. The Kier molecular flexibility index (Phi) is 4.63. The number of hydrogen-bond donors (Lipinski definition) is 0. The molecule has 0 unspecified atom stereocenters. The van der Waals surface area contributed by atoms with E-state index >= 15 is 0 Å². The summed E-state index contributed by atoms with van der Waals surface area (Å²) in [5.41, 5.74) is 2.06. The standard InChI is InChI=1S/C16H21N5O4S/c22-16-10-13-2-1-3-15(13)18-21(16)9-6-19-4-7-20(8-5-19)26(23,24)14-11-17-25-12-14/h10-12H,1-9H2. The second kappa shape index (κ2) is 6.93. The first-order valence-corrected chi connectivity index (χ1v) is 10.2. The van der Waals surface area contributed by atoms with Crippen molar-refractivity contribution in [1.82, 2.24) is 24.1 Å². The van der Waals surface area contributed by atoms with Crippen LogP contribution in [0.3, 0.4) is 0 Å². The zero-order valence-electron chi connectivity index (χ0n) is 14.4. The number of piperazine rings is 1. The summed E-state index contributed by atoms with van der Waals surface area (Å²) in [5, 5.41) is 7.94. The van der Waals surface area contributed by atoms with E-state index in [-0.39, 0.29) is 10.5 Å². The molecule has 9 nitrogen and oxygen atoms in total. The minimum absolute atomic E-state index is 0.0562. The van der Waals surface area contributed by atoms with E-state index in [1.54, 1.807) is 6.07 Å². The molecule has 1 aliphatic heterocycles. The Morgan fingerprint density at radius 1 is 1.12 bits per heavy atom. The molecule has 0 amide bonds. The molecule has 0 radical (unpaired) electrons. The van der Waals surface area contributed by atoms with Crippen LogP contribution in [0.4, 0.5) is 0 Å². The van der Waals surface area contributed by atoms with Gasteiger partial charge in [0.05, 0.1) is 18.4 Å². The Bertz CT molecular complexity index is 930. The summed E-state index contributed by atoms with van der Waals surface area (Å²) in [6.45, 7) is 3.23. The van der Waals surface area contributed by atoms with Crippen molar-refractivity contribution in [3.63, 3.8) is 0 Å². The summed E-state index contributed by atoms with van der Waals surface area (Å²) in [6.07, 6.45) is 5.31. The third-order valence-corrected chi connectivity index (χ3v) is 6.87. The first-order chi connectivity index (χ1) is 12.5. The summed E-state index contributed by atoms with van der Waals surface area (Å²) < 4.78 is 32.5. The smallest absolute Gasteiger partial charge is 0.267 e. The quantitative estimate of drug-likeness (QED) is 0.704. The Hall–Kier alpha value is -2.04. The molecule has 1 aliphatic carbocycles. The molecule has 1 fully saturated rings. The first kappa shape index (κ1) is 17.4. The molecule has 2 aromatic heterocycles. The van der Waals surface area contributed by atoms with E-state index in [0.29, 0.717) is 39.3 Å². The van der Waals surface area contributed by atoms with Crippen LogP contribution >= 0.6 is 0 Å². The van der Waals surface area contributed by atoms with Gasteiger partial charge in [0.15, 0.2) is 0 Å². The highest BCUT2D eigenvalue weighted by Gasteiger charge is 2.29. The molecule has 140 valence electrons. The van der Waals surface area contributed by atoms with Crippen molar-refractivity contribution in [2.45, 2.75) is 30.7 Å². The molecule has 1 saturated heterocycles. The van der Waals surface area contributed by atoms with Gasteiger partial charge in [0.2, 0.25) is 10.0 Å². The molecule has 2 aliphatic rings. The lowest BCUT2D eigenvalue weighted by molar-refractivity contribution is 0.180. The maximum atomic E-state index is 12.4. The molecule has 0 spiro atoms. The molecule has 2 aromatic rings. The van der Waals surface area contributed by atoms with Gasteiger partial charge in [-0.1, -0.05) is 5.16 Å². The molecule has 3 heterocycles. The fourth-order valence-electron chi connectivity index (χ4n) is 3.50. The Labute approximate surface area is 151 Å². The van der Waals surface area contributed by atoms with Gasteiger partial charge in [-0.2, -0.15) is 9.40 Å². The maximum Gasteiger partial charge on any atom is 0.267 e. The highest BCUT2D eigenvalue weighted by atomic mass is 32.2. The van der Waals surface area contributed by atoms with E-state index in [4.69, 9.17) is 0 Å². The van der Waals surface area contributed by atoms with Gasteiger partial charge in [0.1, 0.15) is 11.2 Å². The molecular weight excluding hydrogens is 358 g/mol. The number of sulfonamides is 1. The highest BCUT2D eigenvalue weighted by molar-refractivity contribution is 7.89. The van der Waals surface area contributed by atoms with E-state index in [0.717, 1.165) is 36.8 Å². The van der Waals surface area contributed by atoms with Crippen LogP contribution < -0.4 is 5.56 Å². The van der Waals surface area contributed by atoms with E-state index < -0.39 is 10.0 Å². The van der Waals surface area contributed by atoms with Crippen LogP contribution in [0.5, 0.6) is 0 Å². The molecule has 0 bridgehead atoms. The van der Waals surface area contributed by atoms with Gasteiger partial charge in [-0.3, -0.25) is 9.69 Å². The minimum Gasteiger partial charge on any atom is -0.363 e. The normalized spacial score (nSPS) is 18.9. The molecule has 0 atom stereocenters. The number of fused-ring (bicyclic) bond motifs is 1. The Morgan fingerprint density at radius 3 is 2.65 bits per heavy atom. The maximum absolute atomic E-state index is 12.4. The predicted molar refractivity (Wildman–Crippen MR) is 92.2 cm³/mol. The fraction of sp³-hybridized carbons (Fsp3) is 0.562.